The summed E-state index contributed by atoms with van der Waals surface area (Å²) in [5, 5.41) is 0.708. The van der Waals surface area contributed by atoms with E-state index in [9.17, 15) is 4.79 Å². The number of amides is 1. The minimum absolute atomic E-state index is 0.102. The summed E-state index contributed by atoms with van der Waals surface area (Å²) in [4.78, 5) is 11.8. The van der Waals surface area contributed by atoms with Crippen molar-refractivity contribution in [3.8, 4) is 0 Å². The summed E-state index contributed by atoms with van der Waals surface area (Å²) < 4.78 is 0.996. The van der Waals surface area contributed by atoms with Gasteiger partial charge < -0.3 is 0 Å². The van der Waals surface area contributed by atoms with Crippen LogP contribution < -0.4 is 10.9 Å². The van der Waals surface area contributed by atoms with Gasteiger partial charge in [-0.3, -0.25) is 15.6 Å². The molecule has 0 aliphatic carbocycles. The molecule has 0 bridgehead atoms. The van der Waals surface area contributed by atoms with E-state index in [2.05, 4.69) is 33.4 Å². The van der Waals surface area contributed by atoms with E-state index in [1.807, 2.05) is 48.5 Å². The lowest BCUT2D eigenvalue weighted by molar-refractivity contribution is -0.119. The molecule has 0 spiro atoms. The van der Waals surface area contributed by atoms with Crippen LogP contribution in [0.3, 0.4) is 0 Å². The van der Waals surface area contributed by atoms with Gasteiger partial charge in [0.15, 0.2) is 0 Å². The summed E-state index contributed by atoms with van der Waals surface area (Å²) in [5.41, 5.74) is 8.14. The number of carbonyl (C=O) groups excluding carboxylic acids is 1. The van der Waals surface area contributed by atoms with Gasteiger partial charge in [-0.05, 0) is 35.4 Å². The molecule has 23 heavy (non-hydrogen) atoms. The van der Waals surface area contributed by atoms with E-state index in [1.165, 1.54) is 11.8 Å². The Morgan fingerprint density at radius 2 is 1.91 bits per heavy atom. The molecule has 2 rings (SSSR count). The minimum atomic E-state index is -0.102. The highest BCUT2D eigenvalue weighted by Gasteiger charge is 2.04. The summed E-state index contributed by atoms with van der Waals surface area (Å²) >= 11 is 10.8. The molecule has 0 aromatic heterocycles. The first-order chi connectivity index (χ1) is 11.0. The lowest BCUT2D eigenvalue weighted by Crippen LogP contribution is -2.37. The second-order valence-electron chi connectivity index (χ2n) is 4.78. The van der Waals surface area contributed by atoms with Gasteiger partial charge in [-0.15, -0.1) is 11.8 Å². The monoisotopic (exact) mass is 410 g/mol. The van der Waals surface area contributed by atoms with Crippen LogP contribution in [-0.4, -0.2) is 11.7 Å². The summed E-state index contributed by atoms with van der Waals surface area (Å²) in [6.07, 6.45) is 0. The van der Waals surface area contributed by atoms with E-state index < -0.39 is 0 Å². The van der Waals surface area contributed by atoms with E-state index in [0.29, 0.717) is 16.5 Å². The van der Waals surface area contributed by atoms with Crippen LogP contribution >= 0.6 is 39.3 Å². The van der Waals surface area contributed by atoms with Crippen LogP contribution in [0, 0.1) is 0 Å². The van der Waals surface area contributed by atoms with Crippen LogP contribution in [0.2, 0.25) is 5.02 Å². The van der Waals surface area contributed by atoms with Crippen molar-refractivity contribution < 1.29 is 4.79 Å². The quantitative estimate of drug-likeness (QED) is 0.653. The lowest BCUT2D eigenvalue weighted by atomic mass is 10.2. The third-order valence-corrected chi connectivity index (χ3v) is 4.70. The molecule has 2 N–H and O–H groups in total. The minimum Gasteiger partial charge on any atom is -0.299 e. The molecule has 0 aliphatic heterocycles. The Balaban J connectivity index is 1.70. The van der Waals surface area contributed by atoms with E-state index in [-0.39, 0.29) is 5.91 Å². The predicted molar refractivity (Wildman–Crippen MR) is 102 cm³/mol. The number of thioether (sulfide) groups is 1. The first-order valence-electron chi connectivity index (χ1n) is 6.86. The van der Waals surface area contributed by atoms with Gasteiger partial charge in [0.2, 0.25) is 5.91 Å². The van der Waals surface area contributed by atoms with E-state index in [1.54, 1.807) is 0 Å². The fraction of sp³-hybridized carbons (Fsp3) is 0.118. The average molecular weight is 412 g/mol. The standard InChI is InChI=1S/C17H16BrClN2OS/c1-12(14-5-7-15(18)8-6-14)20-21-17(22)11-23-10-13-3-2-4-16(19)9-13/h2-9,20H,1,10-11H2,(H,21,22). The van der Waals surface area contributed by atoms with E-state index >= 15 is 0 Å². The van der Waals surface area contributed by atoms with Gasteiger partial charge in [0.05, 0.1) is 11.4 Å². The second-order valence-corrected chi connectivity index (χ2v) is 7.12. The molecule has 3 nitrogen and oxygen atoms in total. The third kappa shape index (κ3) is 6.29. The van der Waals surface area contributed by atoms with Gasteiger partial charge in [0.25, 0.3) is 0 Å². The molecule has 120 valence electrons. The molecule has 0 atom stereocenters. The normalized spacial score (nSPS) is 10.2. The maximum absolute atomic E-state index is 11.8. The van der Waals surface area contributed by atoms with Crippen LogP contribution in [0.25, 0.3) is 5.70 Å². The topological polar surface area (TPSA) is 41.1 Å². The molecule has 0 aliphatic rings. The van der Waals surface area contributed by atoms with Gasteiger partial charge in [-0.2, -0.15) is 0 Å². The van der Waals surface area contributed by atoms with Crippen LogP contribution in [0.1, 0.15) is 11.1 Å². The predicted octanol–water partition coefficient (Wildman–Crippen LogP) is 4.63. The maximum Gasteiger partial charge on any atom is 0.248 e. The van der Waals surface area contributed by atoms with Gasteiger partial charge in [0, 0.05) is 15.2 Å². The zero-order valence-corrected chi connectivity index (χ0v) is 15.5. The summed E-state index contributed by atoms with van der Waals surface area (Å²) in [6, 6.07) is 15.3. The molecule has 2 aromatic rings. The molecule has 0 saturated carbocycles. The first-order valence-corrected chi connectivity index (χ1v) is 9.19. The number of carbonyl (C=O) groups is 1. The highest BCUT2D eigenvalue weighted by molar-refractivity contribution is 9.10. The van der Waals surface area contributed by atoms with Crippen LogP contribution in [0.5, 0.6) is 0 Å². The Labute approximate surface area is 153 Å². The van der Waals surface area contributed by atoms with Crippen molar-refractivity contribution in [3.05, 3.63) is 75.7 Å². The number of hydrogen-bond acceptors (Lipinski definition) is 3. The molecule has 1 amide bonds. The molecule has 0 saturated heterocycles. The number of hydrogen-bond donors (Lipinski definition) is 2. The summed E-state index contributed by atoms with van der Waals surface area (Å²) in [7, 11) is 0. The molecule has 0 heterocycles. The Kier molecular flexibility index (Phi) is 7.02. The molecule has 0 radical (unpaired) electrons. The van der Waals surface area contributed by atoms with E-state index in [4.69, 9.17) is 11.6 Å². The smallest absolute Gasteiger partial charge is 0.248 e. The molecule has 0 fully saturated rings. The first kappa shape index (κ1) is 17.9. The number of benzene rings is 2. The van der Waals surface area contributed by atoms with Crippen molar-refractivity contribution in [1.82, 2.24) is 10.9 Å². The van der Waals surface area contributed by atoms with E-state index in [0.717, 1.165) is 21.4 Å². The fourth-order valence-electron chi connectivity index (χ4n) is 1.79. The zero-order chi connectivity index (χ0) is 16.7. The molecular formula is C17H16BrClN2OS. The Morgan fingerprint density at radius 1 is 1.17 bits per heavy atom. The van der Waals surface area contributed by atoms with Crippen LogP contribution in [0.15, 0.2) is 59.6 Å². The fourth-order valence-corrected chi connectivity index (χ4v) is 3.04. The van der Waals surface area contributed by atoms with Crippen molar-refractivity contribution in [2.45, 2.75) is 5.75 Å². The Hall–Kier alpha value is -1.43. The van der Waals surface area contributed by atoms with Crippen molar-refractivity contribution in [2.24, 2.45) is 0 Å². The molecule has 2 aromatic carbocycles. The number of halogens is 2. The highest BCUT2D eigenvalue weighted by Crippen LogP contribution is 2.16. The second kappa shape index (κ2) is 9.01. The molecule has 0 unspecified atom stereocenters. The van der Waals surface area contributed by atoms with Crippen molar-refractivity contribution >= 4 is 50.9 Å². The Bertz CT molecular complexity index is 691. The number of hydrazine groups is 1. The lowest BCUT2D eigenvalue weighted by Gasteiger charge is -2.11. The summed E-state index contributed by atoms with van der Waals surface area (Å²) in [5.74, 6) is 0.990. The average Bonchev–Trinajstić information content (AvgIpc) is 2.53. The third-order valence-electron chi connectivity index (χ3n) is 2.94. The Morgan fingerprint density at radius 3 is 2.61 bits per heavy atom. The largest absolute Gasteiger partial charge is 0.299 e. The van der Waals surface area contributed by atoms with Gasteiger partial charge >= 0.3 is 0 Å². The molecule has 6 heteroatoms. The zero-order valence-electron chi connectivity index (χ0n) is 12.3. The van der Waals surface area contributed by atoms with Crippen LogP contribution in [-0.2, 0) is 10.5 Å². The van der Waals surface area contributed by atoms with Gasteiger partial charge in [-0.1, -0.05) is 58.4 Å². The van der Waals surface area contributed by atoms with Crippen molar-refractivity contribution in [3.63, 3.8) is 0 Å². The highest BCUT2D eigenvalue weighted by atomic mass is 79.9. The SMILES string of the molecule is C=C(NNC(=O)CSCc1cccc(Cl)c1)c1ccc(Br)cc1. The number of nitrogens with one attached hydrogen (secondary N) is 2. The molecular weight excluding hydrogens is 396 g/mol. The van der Waals surface area contributed by atoms with Gasteiger partial charge in [0.1, 0.15) is 0 Å². The maximum atomic E-state index is 11.8. The van der Waals surface area contributed by atoms with Crippen molar-refractivity contribution in [1.29, 1.82) is 0 Å². The number of rotatable bonds is 7. The van der Waals surface area contributed by atoms with Crippen molar-refractivity contribution in [2.75, 3.05) is 5.75 Å². The van der Waals surface area contributed by atoms with Crippen LogP contribution in [0.4, 0.5) is 0 Å². The summed E-state index contributed by atoms with van der Waals surface area (Å²) in [6.45, 7) is 3.90. The van der Waals surface area contributed by atoms with Gasteiger partial charge in [-0.25, -0.2) is 0 Å².